The van der Waals surface area contributed by atoms with Crippen molar-refractivity contribution in [2.45, 2.75) is 33.2 Å². The first-order chi connectivity index (χ1) is 11.2. The lowest BCUT2D eigenvalue weighted by Crippen LogP contribution is -2.04. The predicted octanol–water partition coefficient (Wildman–Crippen LogP) is 2.84. The Balaban J connectivity index is 1.64. The Morgan fingerprint density at radius 1 is 1.48 bits per heavy atom. The smallest absolute Gasteiger partial charge is 0.174 e. The Kier molecular flexibility index (Phi) is 4.57. The number of imidazole rings is 1. The van der Waals surface area contributed by atoms with Gasteiger partial charge in [0.2, 0.25) is 0 Å². The molecule has 0 unspecified atom stereocenters. The van der Waals surface area contributed by atoms with Gasteiger partial charge in [-0.3, -0.25) is 4.84 Å². The van der Waals surface area contributed by atoms with Crippen molar-refractivity contribution >= 4 is 17.7 Å². The summed E-state index contributed by atoms with van der Waals surface area (Å²) in [6.45, 7) is 4.85. The molecule has 1 aliphatic rings. The van der Waals surface area contributed by atoms with Crippen molar-refractivity contribution in [3.05, 3.63) is 35.6 Å². The molecule has 0 bridgehead atoms. The second kappa shape index (κ2) is 6.78. The SMILES string of the molecule is CONc1cc(NCc2cn(/C=C(\C)C3CC3)c(C)n2)cnn1. The maximum atomic E-state index is 4.82. The largest absolute Gasteiger partial charge is 0.378 e. The molecule has 122 valence electrons. The second-order valence-corrected chi connectivity index (χ2v) is 5.82. The lowest BCUT2D eigenvalue weighted by atomic mass is 10.2. The van der Waals surface area contributed by atoms with E-state index >= 15 is 0 Å². The van der Waals surface area contributed by atoms with Gasteiger partial charge >= 0.3 is 0 Å². The van der Waals surface area contributed by atoms with Crippen LogP contribution < -0.4 is 10.8 Å². The molecular weight excluding hydrogens is 292 g/mol. The van der Waals surface area contributed by atoms with Crippen molar-refractivity contribution in [3.8, 4) is 0 Å². The molecule has 3 rings (SSSR count). The van der Waals surface area contributed by atoms with Crippen LogP contribution in [0, 0.1) is 12.8 Å². The third-order valence-electron chi connectivity index (χ3n) is 3.87. The maximum absolute atomic E-state index is 4.82. The molecule has 2 heterocycles. The van der Waals surface area contributed by atoms with Crippen LogP contribution in [0.3, 0.4) is 0 Å². The summed E-state index contributed by atoms with van der Waals surface area (Å²) in [6, 6.07) is 1.83. The van der Waals surface area contributed by atoms with E-state index in [0.29, 0.717) is 12.4 Å². The maximum Gasteiger partial charge on any atom is 0.174 e. The molecule has 2 N–H and O–H groups in total. The van der Waals surface area contributed by atoms with Crippen LogP contribution in [0.5, 0.6) is 0 Å². The highest BCUT2D eigenvalue weighted by atomic mass is 16.6. The summed E-state index contributed by atoms with van der Waals surface area (Å²) in [5, 5.41) is 11.1. The number of allylic oxidation sites excluding steroid dienone is 1. The van der Waals surface area contributed by atoms with Gasteiger partial charge in [0.1, 0.15) is 5.82 Å². The molecule has 7 nitrogen and oxygen atoms in total. The van der Waals surface area contributed by atoms with Crippen molar-refractivity contribution in [2.24, 2.45) is 5.92 Å². The van der Waals surface area contributed by atoms with E-state index in [1.807, 2.05) is 13.0 Å². The van der Waals surface area contributed by atoms with E-state index in [-0.39, 0.29) is 0 Å². The van der Waals surface area contributed by atoms with Crippen LogP contribution in [0.25, 0.3) is 6.20 Å². The number of nitrogens with one attached hydrogen (secondary N) is 2. The summed E-state index contributed by atoms with van der Waals surface area (Å²) in [5.74, 6) is 2.33. The van der Waals surface area contributed by atoms with E-state index in [9.17, 15) is 0 Å². The topological polar surface area (TPSA) is 76.9 Å². The molecule has 7 heteroatoms. The van der Waals surface area contributed by atoms with Crippen LogP contribution in [0.1, 0.15) is 31.3 Å². The number of aromatic nitrogens is 4. The molecular formula is C16H22N6O. The fourth-order valence-electron chi connectivity index (χ4n) is 2.44. The summed E-state index contributed by atoms with van der Waals surface area (Å²) in [5.41, 5.74) is 5.93. The highest BCUT2D eigenvalue weighted by Crippen LogP contribution is 2.36. The van der Waals surface area contributed by atoms with Crippen LogP contribution in [0.2, 0.25) is 0 Å². The van der Waals surface area contributed by atoms with Crippen molar-refractivity contribution in [3.63, 3.8) is 0 Å². The average Bonchev–Trinajstić information content (AvgIpc) is 3.32. The number of aryl methyl sites for hydroxylation is 1. The van der Waals surface area contributed by atoms with Gasteiger partial charge in [-0.25, -0.2) is 10.5 Å². The molecule has 0 radical (unpaired) electrons. The summed E-state index contributed by atoms with van der Waals surface area (Å²) in [7, 11) is 1.54. The van der Waals surface area contributed by atoms with Gasteiger partial charge in [-0.05, 0) is 32.6 Å². The third kappa shape index (κ3) is 4.07. The van der Waals surface area contributed by atoms with Crippen LogP contribution in [0.4, 0.5) is 11.5 Å². The zero-order valence-electron chi connectivity index (χ0n) is 13.7. The molecule has 0 atom stereocenters. The molecule has 1 aliphatic carbocycles. The molecule has 2 aromatic heterocycles. The molecule has 2 aromatic rings. The number of hydrogen-bond acceptors (Lipinski definition) is 6. The molecule has 0 saturated heterocycles. The minimum Gasteiger partial charge on any atom is -0.378 e. The van der Waals surface area contributed by atoms with Crippen molar-refractivity contribution in [2.75, 3.05) is 17.9 Å². The monoisotopic (exact) mass is 314 g/mol. The van der Waals surface area contributed by atoms with E-state index < -0.39 is 0 Å². The zero-order valence-corrected chi connectivity index (χ0v) is 13.7. The summed E-state index contributed by atoms with van der Waals surface area (Å²) < 4.78 is 2.10. The second-order valence-electron chi connectivity index (χ2n) is 5.82. The fraction of sp³-hybridized carbons (Fsp3) is 0.438. The summed E-state index contributed by atoms with van der Waals surface area (Å²) >= 11 is 0. The number of rotatable bonds is 7. The number of nitrogens with zero attached hydrogens (tertiary/aromatic N) is 4. The van der Waals surface area contributed by atoms with Gasteiger partial charge in [0, 0.05) is 18.5 Å². The van der Waals surface area contributed by atoms with Gasteiger partial charge in [-0.15, -0.1) is 5.10 Å². The van der Waals surface area contributed by atoms with Crippen LogP contribution in [-0.2, 0) is 11.4 Å². The lowest BCUT2D eigenvalue weighted by molar-refractivity contribution is 0.268. The number of anilines is 2. The molecule has 0 spiro atoms. The lowest BCUT2D eigenvalue weighted by Gasteiger charge is -2.05. The molecule has 0 aliphatic heterocycles. The Bertz CT molecular complexity index is 704. The first kappa shape index (κ1) is 15.5. The van der Waals surface area contributed by atoms with Crippen molar-refractivity contribution in [1.82, 2.24) is 19.7 Å². The highest BCUT2D eigenvalue weighted by molar-refractivity contribution is 5.49. The first-order valence-corrected chi connectivity index (χ1v) is 7.74. The van der Waals surface area contributed by atoms with Crippen LogP contribution >= 0.6 is 0 Å². The van der Waals surface area contributed by atoms with Crippen LogP contribution in [0.15, 0.2) is 24.0 Å². The Morgan fingerprint density at radius 3 is 3.04 bits per heavy atom. The highest BCUT2D eigenvalue weighted by Gasteiger charge is 2.23. The standard InChI is InChI=1S/C16H22N6O/c1-11(13-4-5-13)9-22-10-15(19-12(22)2)7-17-14-6-16(21-23-3)20-18-8-14/h6,8-10,13H,4-5,7H2,1-3H3,(H2,17,20,21)/b11-9+. The van der Waals surface area contributed by atoms with E-state index in [0.717, 1.165) is 23.1 Å². The minimum absolute atomic E-state index is 0.558. The molecule has 0 aromatic carbocycles. The van der Waals surface area contributed by atoms with Crippen molar-refractivity contribution < 1.29 is 4.84 Å². The van der Waals surface area contributed by atoms with Crippen molar-refractivity contribution in [1.29, 1.82) is 0 Å². The Morgan fingerprint density at radius 2 is 2.30 bits per heavy atom. The van der Waals surface area contributed by atoms with E-state index in [1.54, 1.807) is 6.20 Å². The molecule has 1 saturated carbocycles. The quantitative estimate of drug-likeness (QED) is 0.765. The van der Waals surface area contributed by atoms with Gasteiger partial charge in [0.25, 0.3) is 0 Å². The van der Waals surface area contributed by atoms with Gasteiger partial charge in [-0.1, -0.05) is 5.57 Å². The Labute approximate surface area is 135 Å². The van der Waals surface area contributed by atoms with E-state index in [1.165, 1.54) is 25.5 Å². The minimum atomic E-state index is 0.558. The van der Waals surface area contributed by atoms with Gasteiger partial charge in [0.15, 0.2) is 5.82 Å². The predicted molar refractivity (Wildman–Crippen MR) is 89.6 cm³/mol. The van der Waals surface area contributed by atoms with E-state index in [4.69, 9.17) is 4.84 Å². The zero-order chi connectivity index (χ0) is 16.2. The first-order valence-electron chi connectivity index (χ1n) is 7.74. The van der Waals surface area contributed by atoms with Gasteiger partial charge in [0.05, 0.1) is 31.2 Å². The van der Waals surface area contributed by atoms with Gasteiger partial charge in [-0.2, -0.15) is 5.10 Å². The normalized spacial score (nSPS) is 14.8. The fourth-order valence-corrected chi connectivity index (χ4v) is 2.44. The van der Waals surface area contributed by atoms with Crippen LogP contribution in [-0.4, -0.2) is 26.9 Å². The average molecular weight is 314 g/mol. The molecule has 0 amide bonds. The Hall–Kier alpha value is -2.41. The molecule has 1 fully saturated rings. The molecule has 23 heavy (non-hydrogen) atoms. The third-order valence-corrected chi connectivity index (χ3v) is 3.87. The van der Waals surface area contributed by atoms with E-state index in [2.05, 4.69) is 49.9 Å². The summed E-state index contributed by atoms with van der Waals surface area (Å²) in [6.07, 6.45) is 8.56. The summed E-state index contributed by atoms with van der Waals surface area (Å²) in [4.78, 5) is 9.42. The van der Waals surface area contributed by atoms with Gasteiger partial charge < -0.3 is 9.88 Å². The number of hydrogen-bond donors (Lipinski definition) is 2.